The first-order valence-corrected chi connectivity index (χ1v) is 8.98. The molecule has 29 heavy (non-hydrogen) atoms. The smallest absolute Gasteiger partial charge is 0.278 e. The van der Waals surface area contributed by atoms with Crippen LogP contribution in [0.15, 0.2) is 48.5 Å². The Hall–Kier alpha value is -3.52. The Bertz CT molecular complexity index is 1080. The number of H-pyrrole nitrogens is 1. The van der Waals surface area contributed by atoms with Crippen LogP contribution in [0.5, 0.6) is 0 Å². The van der Waals surface area contributed by atoms with E-state index in [1.54, 1.807) is 30.3 Å². The van der Waals surface area contributed by atoms with Gasteiger partial charge in [-0.1, -0.05) is 24.3 Å². The topological polar surface area (TPSA) is 105 Å². The Morgan fingerprint density at radius 2 is 1.90 bits per heavy atom. The van der Waals surface area contributed by atoms with Gasteiger partial charge in [-0.15, -0.1) is 0 Å². The van der Waals surface area contributed by atoms with Gasteiger partial charge in [0.1, 0.15) is 5.82 Å². The maximum atomic E-state index is 13.9. The van der Waals surface area contributed by atoms with E-state index in [0.29, 0.717) is 29.8 Å². The highest BCUT2D eigenvalue weighted by Crippen LogP contribution is 2.38. The lowest BCUT2D eigenvalue weighted by atomic mass is 9.98. The highest BCUT2D eigenvalue weighted by atomic mass is 19.1. The number of rotatable bonds is 7. The van der Waals surface area contributed by atoms with E-state index in [1.165, 1.54) is 18.2 Å². The van der Waals surface area contributed by atoms with Crippen molar-refractivity contribution < 1.29 is 14.1 Å². The lowest BCUT2D eigenvalue weighted by Gasteiger charge is -2.11. The predicted molar refractivity (Wildman–Crippen MR) is 109 cm³/mol. The third kappa shape index (κ3) is 4.17. The van der Waals surface area contributed by atoms with E-state index in [-0.39, 0.29) is 22.5 Å². The van der Waals surface area contributed by atoms with Gasteiger partial charge in [0.2, 0.25) is 0 Å². The number of carbonyl (C=O) groups excluding carboxylic acids is 1. The van der Waals surface area contributed by atoms with Crippen molar-refractivity contribution in [1.29, 1.82) is 0 Å². The van der Waals surface area contributed by atoms with E-state index in [2.05, 4.69) is 4.98 Å². The summed E-state index contributed by atoms with van der Waals surface area (Å²) in [5, 5.41) is 11.5. The molecule has 3 rings (SSSR count). The summed E-state index contributed by atoms with van der Waals surface area (Å²) in [7, 11) is 3.78. The minimum Gasteiger partial charge on any atom is -0.366 e. The van der Waals surface area contributed by atoms with Crippen LogP contribution in [0.1, 0.15) is 15.9 Å². The van der Waals surface area contributed by atoms with Crippen LogP contribution in [0, 0.1) is 15.9 Å². The predicted octanol–water partition coefficient (Wildman–Crippen LogP) is 3.60. The number of nitrogens with one attached hydrogen (secondary N) is 1. The Balaban J connectivity index is 2.31. The molecule has 150 valence electrons. The van der Waals surface area contributed by atoms with Gasteiger partial charge in [0.05, 0.1) is 27.4 Å². The quantitative estimate of drug-likeness (QED) is 0.470. The molecule has 0 fully saturated rings. The molecule has 1 amide bonds. The zero-order valence-electron chi connectivity index (χ0n) is 16.1. The molecule has 0 saturated heterocycles. The number of amides is 1. The minimum absolute atomic E-state index is 0.152. The molecule has 7 nitrogen and oxygen atoms in total. The summed E-state index contributed by atoms with van der Waals surface area (Å²) >= 11 is 0. The van der Waals surface area contributed by atoms with E-state index >= 15 is 0 Å². The average Bonchev–Trinajstić information content (AvgIpc) is 3.06. The minimum atomic E-state index is -0.703. The van der Waals surface area contributed by atoms with Crippen LogP contribution in [0.25, 0.3) is 22.5 Å². The number of hydrogen-bond donors (Lipinski definition) is 2. The summed E-state index contributed by atoms with van der Waals surface area (Å²) in [6.45, 7) is 0.608. The fourth-order valence-electron chi connectivity index (χ4n) is 3.33. The Labute approximate surface area is 167 Å². The number of likely N-dealkylation sites (N-methyl/N-ethyl adjacent to an activating group) is 1. The molecule has 0 aliphatic rings. The summed E-state index contributed by atoms with van der Waals surface area (Å²) < 4.78 is 13.9. The van der Waals surface area contributed by atoms with Gasteiger partial charge in [0.25, 0.3) is 11.6 Å². The number of halogens is 1. The molecule has 8 heteroatoms. The van der Waals surface area contributed by atoms with E-state index in [4.69, 9.17) is 5.73 Å². The van der Waals surface area contributed by atoms with Crippen molar-refractivity contribution >= 4 is 11.6 Å². The van der Waals surface area contributed by atoms with Gasteiger partial charge in [-0.25, -0.2) is 4.39 Å². The number of aromatic nitrogens is 1. The standard InChI is InChI=1S/C21H21FN4O3/c1-25(2)11-10-16-18(21(23)27)20(15-8-3-4-9-17(15)26(28)29)24-19(16)13-6-5-7-14(22)12-13/h3-9,12,24H,10-11H2,1-2H3,(H2,23,27). The molecule has 0 bridgehead atoms. The van der Waals surface area contributed by atoms with Gasteiger partial charge in [-0.3, -0.25) is 14.9 Å². The third-order valence-electron chi connectivity index (χ3n) is 4.64. The molecule has 1 aromatic heterocycles. The van der Waals surface area contributed by atoms with Crippen LogP contribution in [-0.4, -0.2) is 41.4 Å². The average molecular weight is 396 g/mol. The normalized spacial score (nSPS) is 11.0. The lowest BCUT2D eigenvalue weighted by molar-refractivity contribution is -0.384. The Morgan fingerprint density at radius 3 is 2.52 bits per heavy atom. The number of primary amides is 1. The number of nitro groups is 1. The summed E-state index contributed by atoms with van der Waals surface area (Å²) in [5.41, 5.74) is 7.89. The van der Waals surface area contributed by atoms with Crippen molar-refractivity contribution in [3.8, 4) is 22.5 Å². The van der Waals surface area contributed by atoms with Gasteiger partial charge >= 0.3 is 0 Å². The van der Waals surface area contributed by atoms with Crippen LogP contribution < -0.4 is 5.73 Å². The van der Waals surface area contributed by atoms with Crippen LogP contribution >= 0.6 is 0 Å². The Morgan fingerprint density at radius 1 is 1.17 bits per heavy atom. The van der Waals surface area contributed by atoms with Crippen molar-refractivity contribution in [2.45, 2.75) is 6.42 Å². The zero-order valence-corrected chi connectivity index (χ0v) is 16.1. The molecular weight excluding hydrogens is 375 g/mol. The van der Waals surface area contributed by atoms with E-state index in [1.807, 2.05) is 19.0 Å². The van der Waals surface area contributed by atoms with Gasteiger partial charge < -0.3 is 15.6 Å². The molecule has 3 N–H and O–H groups in total. The molecule has 2 aromatic carbocycles. The fourth-order valence-corrected chi connectivity index (χ4v) is 3.33. The molecular formula is C21H21FN4O3. The third-order valence-corrected chi connectivity index (χ3v) is 4.64. The van der Waals surface area contributed by atoms with Gasteiger partial charge in [0, 0.05) is 18.2 Å². The SMILES string of the molecule is CN(C)CCc1c(-c2cccc(F)c2)[nH]c(-c2ccccc2[N+](=O)[O-])c1C(N)=O. The van der Waals surface area contributed by atoms with Crippen molar-refractivity contribution in [3.63, 3.8) is 0 Å². The van der Waals surface area contributed by atoms with Crippen molar-refractivity contribution in [2.24, 2.45) is 5.73 Å². The van der Waals surface area contributed by atoms with Crippen molar-refractivity contribution in [3.05, 3.63) is 75.6 Å². The monoisotopic (exact) mass is 396 g/mol. The molecule has 0 radical (unpaired) electrons. The van der Waals surface area contributed by atoms with Crippen LogP contribution in [-0.2, 0) is 6.42 Å². The molecule has 0 saturated carbocycles. The molecule has 0 aliphatic heterocycles. The highest BCUT2D eigenvalue weighted by molar-refractivity contribution is 6.03. The second-order valence-electron chi connectivity index (χ2n) is 6.93. The van der Waals surface area contributed by atoms with Gasteiger partial charge in [0.15, 0.2) is 0 Å². The summed E-state index contributed by atoms with van der Waals surface area (Å²) in [6.07, 6.45) is 0.453. The van der Waals surface area contributed by atoms with Crippen molar-refractivity contribution in [1.82, 2.24) is 9.88 Å². The maximum absolute atomic E-state index is 13.9. The summed E-state index contributed by atoms with van der Waals surface area (Å²) in [4.78, 5) is 28.5. The number of para-hydroxylation sites is 1. The van der Waals surface area contributed by atoms with Crippen molar-refractivity contribution in [2.75, 3.05) is 20.6 Å². The second-order valence-corrected chi connectivity index (χ2v) is 6.93. The number of nitrogens with two attached hydrogens (primary N) is 1. The van der Waals surface area contributed by atoms with Crippen LogP contribution in [0.3, 0.4) is 0 Å². The van der Waals surface area contributed by atoms with Gasteiger partial charge in [-0.2, -0.15) is 0 Å². The van der Waals surface area contributed by atoms with E-state index < -0.39 is 16.6 Å². The maximum Gasteiger partial charge on any atom is 0.278 e. The number of carbonyl (C=O) groups is 1. The number of benzene rings is 2. The second kappa shape index (κ2) is 8.24. The van der Waals surface area contributed by atoms with Crippen LogP contribution in [0.4, 0.5) is 10.1 Å². The lowest BCUT2D eigenvalue weighted by Crippen LogP contribution is -2.19. The number of nitrogens with zero attached hydrogens (tertiary/aromatic N) is 2. The van der Waals surface area contributed by atoms with E-state index in [0.717, 1.165) is 0 Å². The first-order chi connectivity index (χ1) is 13.8. The summed E-state index contributed by atoms with van der Waals surface area (Å²) in [6, 6.07) is 12.1. The molecule has 0 atom stereocenters. The first kappa shape index (κ1) is 20.2. The molecule has 0 aliphatic carbocycles. The van der Waals surface area contributed by atoms with Crippen LogP contribution in [0.2, 0.25) is 0 Å². The molecule has 3 aromatic rings. The summed E-state index contributed by atoms with van der Waals surface area (Å²) in [5.74, 6) is -1.13. The molecule has 0 spiro atoms. The van der Waals surface area contributed by atoms with Gasteiger partial charge in [-0.05, 0) is 44.3 Å². The largest absolute Gasteiger partial charge is 0.366 e. The Kier molecular flexibility index (Phi) is 5.74. The fraction of sp³-hybridized carbons (Fsp3) is 0.190. The number of hydrogen-bond acceptors (Lipinski definition) is 4. The van der Waals surface area contributed by atoms with E-state index in [9.17, 15) is 19.3 Å². The highest BCUT2D eigenvalue weighted by Gasteiger charge is 2.27. The zero-order chi connectivity index (χ0) is 21.1. The molecule has 1 heterocycles. The first-order valence-electron chi connectivity index (χ1n) is 8.98. The number of aromatic amines is 1. The molecule has 0 unspecified atom stereocenters. The number of nitro benzene ring substituents is 1.